The third kappa shape index (κ3) is 10.2. The van der Waals surface area contributed by atoms with Gasteiger partial charge < -0.3 is 20.1 Å². The van der Waals surface area contributed by atoms with E-state index in [1.54, 1.807) is 4.90 Å². The monoisotopic (exact) mass is 582 g/mol. The van der Waals surface area contributed by atoms with Crippen molar-refractivity contribution in [2.45, 2.75) is 51.2 Å². The Hall–Kier alpha value is -4.23. The third-order valence-electron chi connectivity index (χ3n) is 7.79. The molecule has 1 aliphatic rings. The number of allylic oxidation sites excluding steroid dienone is 2. The Bertz CT molecular complexity index is 1310. The van der Waals surface area contributed by atoms with Crippen molar-refractivity contribution in [2.75, 3.05) is 19.7 Å². The van der Waals surface area contributed by atoms with Crippen molar-refractivity contribution in [2.24, 2.45) is 11.8 Å². The molecule has 0 bridgehead atoms. The fourth-order valence-corrected chi connectivity index (χ4v) is 5.37. The third-order valence-corrected chi connectivity index (χ3v) is 7.79. The molecule has 3 atom stereocenters. The Morgan fingerprint density at radius 2 is 1.51 bits per heavy atom. The lowest BCUT2D eigenvalue weighted by Crippen LogP contribution is -2.39. The standard InChI is InChI=1S/C36H42N2O5/c39-23-22-38(27-29-16-8-4-9-17-29)34(40)25-31-20-10-1-2-11-21-32(24-28-14-6-3-7-15-28)36(42)43-33(26-37-35(31)41)30-18-12-5-13-19-30/h1,3-10,12-19,31-33,39H,2,11,20-27H2,(H,37,41)/t31-,32-,33+/m1/s1. The molecule has 0 saturated carbocycles. The molecule has 0 fully saturated rings. The Morgan fingerprint density at radius 1 is 0.860 bits per heavy atom. The fraction of sp³-hybridized carbons (Fsp3) is 0.361. The number of carbonyl (C=O) groups excluding carboxylic acids is 3. The lowest BCUT2D eigenvalue weighted by Gasteiger charge is -2.26. The smallest absolute Gasteiger partial charge is 0.309 e. The van der Waals surface area contributed by atoms with Gasteiger partial charge in [-0.15, -0.1) is 0 Å². The highest BCUT2D eigenvalue weighted by Crippen LogP contribution is 2.24. The van der Waals surface area contributed by atoms with Crippen molar-refractivity contribution in [1.29, 1.82) is 0 Å². The molecule has 0 aliphatic carbocycles. The highest BCUT2D eigenvalue weighted by molar-refractivity contribution is 5.86. The summed E-state index contributed by atoms with van der Waals surface area (Å²) >= 11 is 0. The number of hydrogen-bond donors (Lipinski definition) is 2. The highest BCUT2D eigenvalue weighted by atomic mass is 16.5. The van der Waals surface area contributed by atoms with Gasteiger partial charge in [-0.25, -0.2) is 0 Å². The number of aliphatic hydroxyl groups excluding tert-OH is 1. The van der Waals surface area contributed by atoms with E-state index in [2.05, 4.69) is 5.32 Å². The zero-order valence-corrected chi connectivity index (χ0v) is 24.6. The number of benzene rings is 3. The Balaban J connectivity index is 1.51. The number of nitrogens with one attached hydrogen (secondary N) is 1. The maximum atomic E-state index is 13.5. The lowest BCUT2D eigenvalue weighted by atomic mass is 9.93. The van der Waals surface area contributed by atoms with Crippen LogP contribution in [-0.2, 0) is 32.1 Å². The van der Waals surface area contributed by atoms with Crippen LogP contribution < -0.4 is 5.32 Å². The maximum Gasteiger partial charge on any atom is 0.309 e. The minimum absolute atomic E-state index is 0.0119. The Labute approximate surface area is 254 Å². The van der Waals surface area contributed by atoms with Gasteiger partial charge in [0, 0.05) is 19.5 Å². The number of esters is 1. The largest absolute Gasteiger partial charge is 0.455 e. The van der Waals surface area contributed by atoms with E-state index >= 15 is 0 Å². The molecule has 0 saturated heterocycles. The Kier molecular flexibility index (Phi) is 12.5. The van der Waals surface area contributed by atoms with Gasteiger partial charge in [0.2, 0.25) is 11.8 Å². The topological polar surface area (TPSA) is 95.9 Å². The van der Waals surface area contributed by atoms with E-state index in [1.807, 2.05) is 103 Å². The summed E-state index contributed by atoms with van der Waals surface area (Å²) in [4.78, 5) is 42.0. The second-order valence-corrected chi connectivity index (χ2v) is 11.0. The average Bonchev–Trinajstić information content (AvgIpc) is 3.04. The SMILES string of the molecule is O=C1NC[C@@H](c2ccccc2)OC(=O)[C@@H](Cc2ccccc2)CCCC=CC[C@@H]1CC(=O)N(CCO)Cc1ccccc1. The quantitative estimate of drug-likeness (QED) is 0.260. The average molecular weight is 583 g/mol. The molecule has 2 amide bonds. The first-order valence-electron chi connectivity index (χ1n) is 15.2. The van der Waals surface area contributed by atoms with Crippen molar-refractivity contribution >= 4 is 17.8 Å². The number of ether oxygens (including phenoxy) is 1. The van der Waals surface area contributed by atoms with Gasteiger partial charge in [0.1, 0.15) is 6.10 Å². The van der Waals surface area contributed by atoms with Crippen molar-refractivity contribution < 1.29 is 24.2 Å². The lowest BCUT2D eigenvalue weighted by molar-refractivity contribution is -0.155. The van der Waals surface area contributed by atoms with Crippen molar-refractivity contribution in [3.63, 3.8) is 0 Å². The van der Waals surface area contributed by atoms with Gasteiger partial charge in [-0.3, -0.25) is 14.4 Å². The summed E-state index contributed by atoms with van der Waals surface area (Å²) in [7, 11) is 0. The summed E-state index contributed by atoms with van der Waals surface area (Å²) < 4.78 is 6.09. The van der Waals surface area contributed by atoms with Crippen LogP contribution in [0.1, 0.15) is 54.9 Å². The molecule has 4 rings (SSSR count). The minimum Gasteiger partial charge on any atom is -0.455 e. The summed E-state index contributed by atoms with van der Waals surface area (Å²) in [5.74, 6) is -1.63. The number of aliphatic hydroxyl groups is 1. The fourth-order valence-electron chi connectivity index (χ4n) is 5.37. The van der Waals surface area contributed by atoms with E-state index in [0.29, 0.717) is 25.8 Å². The van der Waals surface area contributed by atoms with Crippen LogP contribution in [0.4, 0.5) is 0 Å². The van der Waals surface area contributed by atoms with Crippen LogP contribution in [0, 0.1) is 11.8 Å². The molecule has 7 nitrogen and oxygen atoms in total. The molecule has 2 N–H and O–H groups in total. The van der Waals surface area contributed by atoms with Gasteiger partial charge in [0.05, 0.1) is 25.0 Å². The molecule has 7 heteroatoms. The summed E-state index contributed by atoms with van der Waals surface area (Å²) in [5, 5.41) is 12.6. The number of rotatable bonds is 9. The zero-order chi connectivity index (χ0) is 30.3. The summed E-state index contributed by atoms with van der Waals surface area (Å²) in [6, 6.07) is 29.0. The van der Waals surface area contributed by atoms with Gasteiger partial charge >= 0.3 is 5.97 Å². The molecule has 226 valence electrons. The first-order chi connectivity index (χ1) is 21.0. The van der Waals surface area contributed by atoms with Gasteiger partial charge in [0.25, 0.3) is 0 Å². The minimum atomic E-state index is -0.658. The van der Waals surface area contributed by atoms with Crippen LogP contribution in [0.25, 0.3) is 0 Å². The summed E-state index contributed by atoms with van der Waals surface area (Å²) in [5.41, 5.74) is 2.84. The van der Waals surface area contributed by atoms with Crippen LogP contribution in [0.5, 0.6) is 0 Å². The highest BCUT2D eigenvalue weighted by Gasteiger charge is 2.28. The van der Waals surface area contributed by atoms with Crippen LogP contribution >= 0.6 is 0 Å². The van der Waals surface area contributed by atoms with Crippen molar-refractivity contribution in [1.82, 2.24) is 10.2 Å². The molecule has 1 heterocycles. The molecule has 0 radical (unpaired) electrons. The van der Waals surface area contributed by atoms with Gasteiger partial charge in [-0.1, -0.05) is 103 Å². The molecule has 3 aromatic rings. The molecule has 0 unspecified atom stereocenters. The van der Waals surface area contributed by atoms with E-state index in [4.69, 9.17) is 4.74 Å². The van der Waals surface area contributed by atoms with Crippen LogP contribution in [0.3, 0.4) is 0 Å². The molecular formula is C36H42N2O5. The summed E-state index contributed by atoms with van der Waals surface area (Å²) in [6.07, 6.45) is 6.61. The molecule has 3 aromatic carbocycles. The van der Waals surface area contributed by atoms with E-state index in [1.165, 1.54) is 0 Å². The molecule has 0 spiro atoms. The molecular weight excluding hydrogens is 540 g/mol. The van der Waals surface area contributed by atoms with Crippen LogP contribution in [0.15, 0.2) is 103 Å². The predicted octanol–water partition coefficient (Wildman–Crippen LogP) is 5.40. The van der Waals surface area contributed by atoms with Crippen LogP contribution in [-0.4, -0.2) is 47.5 Å². The first-order valence-corrected chi connectivity index (χ1v) is 15.2. The Morgan fingerprint density at radius 3 is 2.19 bits per heavy atom. The zero-order valence-electron chi connectivity index (χ0n) is 24.6. The van der Waals surface area contributed by atoms with Crippen molar-refractivity contribution in [3.8, 4) is 0 Å². The van der Waals surface area contributed by atoms with E-state index in [0.717, 1.165) is 29.5 Å². The number of hydrogen-bond acceptors (Lipinski definition) is 5. The number of carbonyl (C=O) groups is 3. The van der Waals surface area contributed by atoms with Crippen molar-refractivity contribution in [3.05, 3.63) is 120 Å². The first kappa shape index (κ1) is 31.7. The molecule has 0 aromatic heterocycles. The summed E-state index contributed by atoms with van der Waals surface area (Å²) in [6.45, 7) is 0.491. The van der Waals surface area contributed by atoms with E-state index in [9.17, 15) is 19.5 Å². The number of nitrogens with zero attached hydrogens (tertiary/aromatic N) is 1. The van der Waals surface area contributed by atoms with Gasteiger partial charge in [-0.05, 0) is 48.8 Å². The van der Waals surface area contributed by atoms with Gasteiger partial charge in [0.15, 0.2) is 0 Å². The van der Waals surface area contributed by atoms with Crippen LogP contribution in [0.2, 0.25) is 0 Å². The maximum absolute atomic E-state index is 13.5. The second-order valence-electron chi connectivity index (χ2n) is 11.0. The molecule has 1 aliphatic heterocycles. The predicted molar refractivity (Wildman–Crippen MR) is 167 cm³/mol. The normalized spacial score (nSPS) is 20.0. The van der Waals surface area contributed by atoms with E-state index < -0.39 is 12.0 Å². The van der Waals surface area contributed by atoms with Gasteiger partial charge in [-0.2, -0.15) is 0 Å². The number of amides is 2. The van der Waals surface area contributed by atoms with E-state index in [-0.39, 0.29) is 49.8 Å². The second kappa shape index (κ2) is 17.0. The number of cyclic esters (lactones) is 1. The molecule has 43 heavy (non-hydrogen) atoms.